The molecule has 0 spiro atoms. The molecule has 1 aromatic heterocycles. The minimum absolute atomic E-state index is 0.0799. The van der Waals surface area contributed by atoms with Crippen molar-refractivity contribution in [1.29, 1.82) is 0 Å². The first-order chi connectivity index (χ1) is 16.0. The molecule has 1 aliphatic carbocycles. The highest BCUT2D eigenvalue weighted by Gasteiger charge is 2.22. The van der Waals surface area contributed by atoms with Gasteiger partial charge in [0.25, 0.3) is 5.91 Å². The molecule has 4 rings (SSSR count). The Bertz CT molecular complexity index is 1170. The van der Waals surface area contributed by atoms with Gasteiger partial charge < -0.3 is 10.1 Å². The molecule has 7 nitrogen and oxygen atoms in total. The number of carbonyl (C=O) groups excluding carboxylic acids is 3. The first-order valence-electron chi connectivity index (χ1n) is 11.2. The second-order valence-electron chi connectivity index (χ2n) is 8.28. The Balaban J connectivity index is 1.48. The van der Waals surface area contributed by atoms with E-state index in [0.717, 1.165) is 31.2 Å². The second-order valence-corrected chi connectivity index (χ2v) is 8.28. The molecule has 0 radical (unpaired) electrons. The van der Waals surface area contributed by atoms with Crippen LogP contribution >= 0.6 is 0 Å². The summed E-state index contributed by atoms with van der Waals surface area (Å²) in [4.78, 5) is 42.1. The number of esters is 1. The smallest absolute Gasteiger partial charge is 0.339 e. The lowest BCUT2D eigenvalue weighted by atomic mass is 9.96. The summed E-state index contributed by atoms with van der Waals surface area (Å²) in [5, 5.41) is 5.70. The quantitative estimate of drug-likeness (QED) is 0.563. The van der Waals surface area contributed by atoms with E-state index in [-0.39, 0.29) is 6.04 Å². The van der Waals surface area contributed by atoms with Crippen LogP contribution in [0.3, 0.4) is 0 Å². The van der Waals surface area contributed by atoms with Gasteiger partial charge in [0, 0.05) is 17.0 Å². The van der Waals surface area contributed by atoms with Gasteiger partial charge in [0.1, 0.15) is 0 Å². The molecule has 33 heavy (non-hydrogen) atoms. The predicted molar refractivity (Wildman–Crippen MR) is 126 cm³/mol. The number of hydrogen-bond acceptors (Lipinski definition) is 5. The van der Waals surface area contributed by atoms with Crippen LogP contribution in [0.4, 0.5) is 4.79 Å². The molecule has 1 fully saturated rings. The van der Waals surface area contributed by atoms with Crippen molar-refractivity contribution in [3.8, 4) is 11.3 Å². The van der Waals surface area contributed by atoms with Crippen LogP contribution in [0.2, 0.25) is 0 Å². The van der Waals surface area contributed by atoms with E-state index in [1.807, 2.05) is 55.5 Å². The Kier molecular flexibility index (Phi) is 6.98. The summed E-state index contributed by atoms with van der Waals surface area (Å²) in [6.07, 6.45) is 5.13. The maximum atomic E-state index is 13.0. The Morgan fingerprint density at radius 1 is 0.970 bits per heavy atom. The van der Waals surface area contributed by atoms with Crippen molar-refractivity contribution in [2.75, 3.05) is 6.61 Å². The van der Waals surface area contributed by atoms with Gasteiger partial charge in [-0.05, 0) is 31.4 Å². The number of nitrogens with one attached hydrogen (secondary N) is 2. The Morgan fingerprint density at radius 2 is 1.67 bits per heavy atom. The van der Waals surface area contributed by atoms with Crippen LogP contribution in [0, 0.1) is 6.92 Å². The van der Waals surface area contributed by atoms with Crippen LogP contribution < -0.4 is 10.6 Å². The number of carbonyl (C=O) groups is 3. The highest BCUT2D eigenvalue weighted by Crippen LogP contribution is 2.30. The molecule has 7 heteroatoms. The fourth-order valence-corrected chi connectivity index (χ4v) is 4.28. The Morgan fingerprint density at radius 3 is 2.42 bits per heavy atom. The molecule has 3 aromatic rings. The molecule has 3 amide bonds. The van der Waals surface area contributed by atoms with Gasteiger partial charge in [-0.25, -0.2) is 14.6 Å². The number of benzene rings is 2. The molecular formula is C26H27N3O4. The fourth-order valence-electron chi connectivity index (χ4n) is 4.28. The fraction of sp³-hybridized carbons (Fsp3) is 0.308. The molecule has 0 saturated heterocycles. The Labute approximate surface area is 192 Å². The van der Waals surface area contributed by atoms with Crippen molar-refractivity contribution in [1.82, 2.24) is 15.6 Å². The molecule has 0 atom stereocenters. The zero-order valence-corrected chi connectivity index (χ0v) is 18.6. The zero-order valence-electron chi connectivity index (χ0n) is 18.6. The third kappa shape index (κ3) is 5.37. The lowest BCUT2D eigenvalue weighted by Gasteiger charge is -2.22. The summed E-state index contributed by atoms with van der Waals surface area (Å²) >= 11 is 0. The van der Waals surface area contributed by atoms with Crippen molar-refractivity contribution in [3.63, 3.8) is 0 Å². The number of nitrogens with zero attached hydrogens (tertiary/aromatic N) is 1. The molecular weight excluding hydrogens is 418 g/mol. The first-order valence-corrected chi connectivity index (χ1v) is 11.2. The summed E-state index contributed by atoms with van der Waals surface area (Å²) in [7, 11) is 0. The number of para-hydroxylation sites is 1. The number of aromatic nitrogens is 1. The Hall–Kier alpha value is -3.74. The van der Waals surface area contributed by atoms with Gasteiger partial charge in [0.15, 0.2) is 6.61 Å². The van der Waals surface area contributed by atoms with Gasteiger partial charge in [-0.3, -0.25) is 10.1 Å². The van der Waals surface area contributed by atoms with E-state index in [1.165, 1.54) is 6.42 Å². The lowest BCUT2D eigenvalue weighted by molar-refractivity contribution is -0.123. The van der Waals surface area contributed by atoms with E-state index in [9.17, 15) is 14.4 Å². The van der Waals surface area contributed by atoms with Gasteiger partial charge >= 0.3 is 12.0 Å². The summed E-state index contributed by atoms with van der Waals surface area (Å²) in [5.41, 5.74) is 3.24. The third-order valence-electron chi connectivity index (χ3n) is 5.91. The van der Waals surface area contributed by atoms with Crippen molar-refractivity contribution in [2.24, 2.45) is 0 Å². The minimum Gasteiger partial charge on any atom is -0.452 e. The van der Waals surface area contributed by atoms with Crippen LogP contribution in [0.15, 0.2) is 54.6 Å². The topological polar surface area (TPSA) is 97.4 Å². The van der Waals surface area contributed by atoms with Crippen LogP contribution in [0.1, 0.15) is 48.0 Å². The summed E-state index contributed by atoms with van der Waals surface area (Å²) in [5.74, 6) is -1.30. The number of rotatable bonds is 5. The average Bonchev–Trinajstić information content (AvgIpc) is 2.83. The van der Waals surface area contributed by atoms with Gasteiger partial charge in [-0.2, -0.15) is 0 Å². The van der Waals surface area contributed by atoms with Crippen molar-refractivity contribution >= 4 is 28.8 Å². The molecule has 170 valence electrons. The number of ether oxygens (including phenoxy) is 1. The molecule has 2 N–H and O–H groups in total. The molecule has 2 aromatic carbocycles. The van der Waals surface area contributed by atoms with Gasteiger partial charge in [0.05, 0.1) is 16.8 Å². The third-order valence-corrected chi connectivity index (χ3v) is 5.91. The van der Waals surface area contributed by atoms with Crippen molar-refractivity contribution in [3.05, 3.63) is 65.7 Å². The standard InChI is InChI=1S/C26H27N3O4/c1-17-23(20-14-8-9-15-21(20)28-24(17)18-10-4-2-5-11-18)25(31)33-16-22(30)29-26(32)27-19-12-6-3-7-13-19/h2,4-5,8-11,14-15,19H,3,6-7,12-13,16H2,1H3,(H2,27,29,30,32). The number of imide groups is 1. The molecule has 0 bridgehead atoms. The highest BCUT2D eigenvalue weighted by atomic mass is 16.5. The van der Waals surface area contributed by atoms with E-state index < -0.39 is 24.5 Å². The van der Waals surface area contributed by atoms with Gasteiger partial charge in [-0.1, -0.05) is 67.8 Å². The maximum Gasteiger partial charge on any atom is 0.339 e. The zero-order chi connectivity index (χ0) is 23.2. The van der Waals surface area contributed by atoms with E-state index in [1.54, 1.807) is 6.07 Å². The minimum atomic E-state index is -0.670. The molecule has 1 heterocycles. The first kappa shape index (κ1) is 22.5. The van der Waals surface area contributed by atoms with Crippen molar-refractivity contribution < 1.29 is 19.1 Å². The normalized spacial score (nSPS) is 14.0. The molecule has 1 saturated carbocycles. The van der Waals surface area contributed by atoms with E-state index in [0.29, 0.717) is 27.7 Å². The van der Waals surface area contributed by atoms with Crippen LogP contribution in [0.5, 0.6) is 0 Å². The van der Waals surface area contributed by atoms with E-state index in [4.69, 9.17) is 9.72 Å². The van der Waals surface area contributed by atoms with E-state index >= 15 is 0 Å². The number of fused-ring (bicyclic) bond motifs is 1. The number of pyridine rings is 1. The number of hydrogen-bond donors (Lipinski definition) is 2. The van der Waals surface area contributed by atoms with Crippen molar-refractivity contribution in [2.45, 2.75) is 45.1 Å². The maximum absolute atomic E-state index is 13.0. The monoisotopic (exact) mass is 445 g/mol. The summed E-state index contributed by atoms with van der Waals surface area (Å²) in [6.45, 7) is 1.27. The highest BCUT2D eigenvalue weighted by molar-refractivity contribution is 6.07. The lowest BCUT2D eigenvalue weighted by Crippen LogP contribution is -2.46. The van der Waals surface area contributed by atoms with Crippen LogP contribution in [-0.4, -0.2) is 35.5 Å². The molecule has 1 aliphatic rings. The van der Waals surface area contributed by atoms with Crippen LogP contribution in [-0.2, 0) is 9.53 Å². The largest absolute Gasteiger partial charge is 0.452 e. The second kappa shape index (κ2) is 10.3. The van der Waals surface area contributed by atoms with Gasteiger partial charge in [0.2, 0.25) is 0 Å². The summed E-state index contributed by atoms with van der Waals surface area (Å²) < 4.78 is 5.30. The number of amides is 3. The predicted octanol–water partition coefficient (Wildman–Crippen LogP) is 4.53. The molecule has 0 aliphatic heterocycles. The average molecular weight is 446 g/mol. The van der Waals surface area contributed by atoms with Crippen LogP contribution in [0.25, 0.3) is 22.2 Å². The number of urea groups is 1. The molecule has 0 unspecified atom stereocenters. The van der Waals surface area contributed by atoms with Gasteiger partial charge in [-0.15, -0.1) is 0 Å². The SMILES string of the molecule is Cc1c(-c2ccccc2)nc2ccccc2c1C(=O)OCC(=O)NC(=O)NC1CCCCC1. The summed E-state index contributed by atoms with van der Waals surface area (Å²) in [6, 6.07) is 16.4. The van der Waals surface area contributed by atoms with E-state index in [2.05, 4.69) is 10.6 Å².